The van der Waals surface area contributed by atoms with Crippen LogP contribution in [0.2, 0.25) is 0 Å². The lowest BCUT2D eigenvalue weighted by Gasteiger charge is -2.21. The summed E-state index contributed by atoms with van der Waals surface area (Å²) in [6, 6.07) is 2.90. The minimum absolute atomic E-state index is 0.152. The van der Waals surface area contributed by atoms with Crippen LogP contribution in [-0.2, 0) is 6.54 Å². The number of nitrogens with zero attached hydrogens (tertiary/aromatic N) is 2. The first-order chi connectivity index (χ1) is 11.6. The molecule has 0 bridgehead atoms. The van der Waals surface area contributed by atoms with Crippen LogP contribution in [-0.4, -0.2) is 35.6 Å². The minimum atomic E-state index is -2.91. The molecular formula is C17H27F2N3O2. The zero-order chi connectivity index (χ0) is 17.8. The predicted molar refractivity (Wildman–Crippen MR) is 89.1 cm³/mol. The highest BCUT2D eigenvalue weighted by atomic mass is 19.3. The van der Waals surface area contributed by atoms with Crippen LogP contribution in [0.15, 0.2) is 18.3 Å². The third-order valence-corrected chi connectivity index (χ3v) is 3.65. The normalized spacial score (nSPS) is 10.7. The standard InChI is InChI=1S/C17H27F2N3O2/c1-3-5-6-7-8-11-22(4-2)17(23)21-13-14-9-10-20-15(12-14)24-16(18)19/h9-10,12,16H,3-8,11,13H2,1-2H3,(H,21,23). The van der Waals surface area contributed by atoms with Gasteiger partial charge in [0.25, 0.3) is 0 Å². The average molecular weight is 343 g/mol. The summed E-state index contributed by atoms with van der Waals surface area (Å²) in [5.41, 5.74) is 0.660. The average Bonchev–Trinajstić information content (AvgIpc) is 2.56. The molecule has 24 heavy (non-hydrogen) atoms. The number of nitrogens with one attached hydrogen (secondary N) is 1. The number of alkyl halides is 2. The summed E-state index contributed by atoms with van der Waals surface area (Å²) in [6.07, 6.45) is 7.11. The largest absolute Gasteiger partial charge is 0.417 e. The fourth-order valence-electron chi connectivity index (χ4n) is 2.32. The van der Waals surface area contributed by atoms with Crippen molar-refractivity contribution in [2.45, 2.75) is 59.1 Å². The number of aromatic nitrogens is 1. The highest BCUT2D eigenvalue weighted by molar-refractivity contribution is 5.74. The molecular weight excluding hydrogens is 316 g/mol. The van der Waals surface area contributed by atoms with Crippen LogP contribution in [0.5, 0.6) is 5.88 Å². The molecule has 0 aromatic carbocycles. The summed E-state index contributed by atoms with van der Waals surface area (Å²) in [5.74, 6) is -0.153. The lowest BCUT2D eigenvalue weighted by molar-refractivity contribution is -0.0529. The van der Waals surface area contributed by atoms with Crippen molar-refractivity contribution in [3.63, 3.8) is 0 Å². The molecule has 0 saturated heterocycles. The van der Waals surface area contributed by atoms with Gasteiger partial charge in [-0.25, -0.2) is 9.78 Å². The molecule has 0 atom stereocenters. The highest BCUT2D eigenvalue weighted by Gasteiger charge is 2.11. The molecule has 0 spiro atoms. The van der Waals surface area contributed by atoms with Crippen LogP contribution in [0.4, 0.5) is 13.6 Å². The van der Waals surface area contributed by atoms with E-state index in [1.54, 1.807) is 11.0 Å². The van der Waals surface area contributed by atoms with E-state index in [1.807, 2.05) is 6.92 Å². The molecule has 2 amide bonds. The van der Waals surface area contributed by atoms with E-state index in [0.717, 1.165) is 19.4 Å². The number of urea groups is 1. The summed E-state index contributed by atoms with van der Waals surface area (Å²) in [6.45, 7) is 2.80. The van der Waals surface area contributed by atoms with Crippen molar-refractivity contribution in [2.75, 3.05) is 13.1 Å². The Bertz CT molecular complexity index is 487. The summed E-state index contributed by atoms with van der Waals surface area (Å²) in [5, 5.41) is 2.80. The Morgan fingerprint density at radius 3 is 2.71 bits per heavy atom. The molecule has 1 N–H and O–H groups in total. The number of hydrogen-bond acceptors (Lipinski definition) is 3. The number of carbonyl (C=O) groups excluding carboxylic acids is 1. The van der Waals surface area contributed by atoms with Gasteiger partial charge in [-0.15, -0.1) is 0 Å². The highest BCUT2D eigenvalue weighted by Crippen LogP contribution is 2.12. The predicted octanol–water partition coefficient (Wildman–Crippen LogP) is 4.18. The summed E-state index contributed by atoms with van der Waals surface area (Å²) < 4.78 is 28.6. The van der Waals surface area contributed by atoms with E-state index >= 15 is 0 Å². The molecule has 0 aliphatic carbocycles. The van der Waals surface area contributed by atoms with Gasteiger partial charge in [0.2, 0.25) is 5.88 Å². The van der Waals surface area contributed by atoms with Gasteiger partial charge in [0.05, 0.1) is 0 Å². The number of rotatable bonds is 11. The topological polar surface area (TPSA) is 54.5 Å². The van der Waals surface area contributed by atoms with Crippen molar-refractivity contribution in [2.24, 2.45) is 0 Å². The van der Waals surface area contributed by atoms with E-state index in [-0.39, 0.29) is 18.5 Å². The Morgan fingerprint density at radius 1 is 1.29 bits per heavy atom. The van der Waals surface area contributed by atoms with Crippen molar-refractivity contribution in [1.82, 2.24) is 15.2 Å². The molecule has 0 unspecified atom stereocenters. The molecule has 0 aliphatic rings. The van der Waals surface area contributed by atoms with Gasteiger partial charge in [-0.1, -0.05) is 32.6 Å². The van der Waals surface area contributed by atoms with E-state index in [1.165, 1.54) is 31.5 Å². The fourth-order valence-corrected chi connectivity index (χ4v) is 2.32. The molecule has 7 heteroatoms. The van der Waals surface area contributed by atoms with Gasteiger partial charge >= 0.3 is 12.6 Å². The Morgan fingerprint density at radius 2 is 2.04 bits per heavy atom. The first-order valence-corrected chi connectivity index (χ1v) is 8.49. The second-order valence-electron chi connectivity index (χ2n) is 5.53. The smallest absolute Gasteiger partial charge is 0.388 e. The third-order valence-electron chi connectivity index (χ3n) is 3.65. The van der Waals surface area contributed by atoms with E-state index in [4.69, 9.17) is 0 Å². The summed E-state index contributed by atoms with van der Waals surface area (Å²) in [7, 11) is 0. The maximum atomic E-state index is 12.2. The molecule has 1 aromatic rings. The molecule has 0 aliphatic heterocycles. The molecule has 0 saturated carbocycles. The van der Waals surface area contributed by atoms with E-state index < -0.39 is 6.61 Å². The Hall–Kier alpha value is -1.92. The molecule has 1 rings (SSSR count). The first kappa shape index (κ1) is 20.1. The van der Waals surface area contributed by atoms with Crippen LogP contribution >= 0.6 is 0 Å². The van der Waals surface area contributed by atoms with Crippen LogP contribution in [0.1, 0.15) is 51.5 Å². The minimum Gasteiger partial charge on any atom is -0.417 e. The van der Waals surface area contributed by atoms with Gasteiger partial charge in [0, 0.05) is 31.9 Å². The van der Waals surface area contributed by atoms with Crippen molar-refractivity contribution in [3.05, 3.63) is 23.9 Å². The lowest BCUT2D eigenvalue weighted by atomic mass is 10.1. The second kappa shape index (κ2) is 11.6. The zero-order valence-electron chi connectivity index (χ0n) is 14.4. The van der Waals surface area contributed by atoms with Crippen LogP contribution < -0.4 is 10.1 Å². The van der Waals surface area contributed by atoms with E-state index in [0.29, 0.717) is 12.1 Å². The fraction of sp³-hybridized carbons (Fsp3) is 0.647. The van der Waals surface area contributed by atoms with Gasteiger partial charge < -0.3 is 15.0 Å². The van der Waals surface area contributed by atoms with Crippen LogP contribution in [0.3, 0.4) is 0 Å². The van der Waals surface area contributed by atoms with E-state index in [9.17, 15) is 13.6 Å². The second-order valence-corrected chi connectivity index (χ2v) is 5.53. The first-order valence-electron chi connectivity index (χ1n) is 8.49. The number of ether oxygens (including phenoxy) is 1. The summed E-state index contributed by atoms with van der Waals surface area (Å²) in [4.78, 5) is 17.6. The Balaban J connectivity index is 2.39. The quantitative estimate of drug-likeness (QED) is 0.613. The third kappa shape index (κ3) is 8.08. The molecule has 136 valence electrons. The number of amides is 2. The van der Waals surface area contributed by atoms with Gasteiger partial charge in [-0.3, -0.25) is 0 Å². The SMILES string of the molecule is CCCCCCCN(CC)C(=O)NCc1ccnc(OC(F)F)c1. The maximum absolute atomic E-state index is 12.2. The number of unbranched alkanes of at least 4 members (excludes halogenated alkanes) is 4. The zero-order valence-corrected chi connectivity index (χ0v) is 14.4. The van der Waals surface area contributed by atoms with Gasteiger partial charge in [-0.2, -0.15) is 8.78 Å². The van der Waals surface area contributed by atoms with Crippen LogP contribution in [0, 0.1) is 0 Å². The number of pyridine rings is 1. The lowest BCUT2D eigenvalue weighted by Crippen LogP contribution is -2.40. The van der Waals surface area contributed by atoms with Gasteiger partial charge in [0.15, 0.2) is 0 Å². The van der Waals surface area contributed by atoms with Gasteiger partial charge in [0.1, 0.15) is 0 Å². The van der Waals surface area contributed by atoms with Crippen LogP contribution in [0.25, 0.3) is 0 Å². The van der Waals surface area contributed by atoms with Crippen molar-refractivity contribution in [3.8, 4) is 5.88 Å². The molecule has 0 fully saturated rings. The molecule has 1 heterocycles. The van der Waals surface area contributed by atoms with Crippen molar-refractivity contribution in [1.29, 1.82) is 0 Å². The molecule has 5 nitrogen and oxygen atoms in total. The van der Waals surface area contributed by atoms with Crippen molar-refractivity contribution >= 4 is 6.03 Å². The summed E-state index contributed by atoms with van der Waals surface area (Å²) >= 11 is 0. The number of carbonyl (C=O) groups is 1. The number of hydrogen-bond donors (Lipinski definition) is 1. The Kier molecular flexibility index (Phi) is 9.72. The molecule has 0 radical (unpaired) electrons. The maximum Gasteiger partial charge on any atom is 0.388 e. The van der Waals surface area contributed by atoms with Gasteiger partial charge in [-0.05, 0) is 25.0 Å². The number of halogens is 2. The van der Waals surface area contributed by atoms with E-state index in [2.05, 4.69) is 22.0 Å². The Labute approximate surface area is 142 Å². The molecule has 1 aromatic heterocycles. The van der Waals surface area contributed by atoms with Crippen molar-refractivity contribution < 1.29 is 18.3 Å². The monoisotopic (exact) mass is 343 g/mol.